The molecule has 2 N–H and O–H groups in total. The van der Waals surface area contributed by atoms with E-state index in [4.69, 9.17) is 4.74 Å². The Kier molecular flexibility index (Phi) is 5.87. The van der Waals surface area contributed by atoms with Gasteiger partial charge in [0, 0.05) is 46.5 Å². The molecule has 1 aliphatic rings. The second kappa shape index (κ2) is 7.88. The molecule has 0 aromatic heterocycles. The predicted octanol–water partition coefficient (Wildman–Crippen LogP) is 1.60. The van der Waals surface area contributed by atoms with Gasteiger partial charge in [-0.3, -0.25) is 4.99 Å². The molecule has 0 radical (unpaired) electrons. The lowest BCUT2D eigenvalue weighted by molar-refractivity contribution is 0.114. The highest BCUT2D eigenvalue weighted by atomic mass is 16.5. The highest BCUT2D eigenvalue weighted by molar-refractivity contribution is 5.79. The number of benzene rings is 1. The zero-order valence-electron chi connectivity index (χ0n) is 13.2. The molecule has 1 saturated heterocycles. The summed E-state index contributed by atoms with van der Waals surface area (Å²) in [5.41, 5.74) is 2.44. The van der Waals surface area contributed by atoms with Gasteiger partial charge in [0.15, 0.2) is 5.96 Å². The Labute approximate surface area is 127 Å². The Morgan fingerprint density at radius 3 is 2.62 bits per heavy atom. The minimum absolute atomic E-state index is 0.322. The summed E-state index contributed by atoms with van der Waals surface area (Å²) in [4.78, 5) is 6.34. The molecule has 116 valence electrons. The minimum atomic E-state index is 0.322. The van der Waals surface area contributed by atoms with Crippen LogP contribution in [0, 0.1) is 0 Å². The Balaban J connectivity index is 1.76. The van der Waals surface area contributed by atoms with Crippen molar-refractivity contribution in [1.29, 1.82) is 0 Å². The Morgan fingerprint density at radius 2 is 2.05 bits per heavy atom. The second-order valence-corrected chi connectivity index (χ2v) is 5.50. The van der Waals surface area contributed by atoms with E-state index in [0.717, 1.165) is 38.5 Å². The van der Waals surface area contributed by atoms with Crippen molar-refractivity contribution in [2.24, 2.45) is 4.99 Å². The van der Waals surface area contributed by atoms with Crippen LogP contribution in [-0.2, 0) is 11.3 Å². The van der Waals surface area contributed by atoms with Crippen LogP contribution in [0.1, 0.15) is 18.4 Å². The van der Waals surface area contributed by atoms with Gasteiger partial charge in [-0.25, -0.2) is 0 Å². The van der Waals surface area contributed by atoms with Crippen molar-refractivity contribution in [2.45, 2.75) is 25.5 Å². The summed E-state index contributed by atoms with van der Waals surface area (Å²) in [5.74, 6) is 0.821. The molecule has 1 aliphatic heterocycles. The third-order valence-electron chi connectivity index (χ3n) is 3.66. The number of aliphatic imine (C=N–C) groups is 1. The molecule has 1 atom stereocenters. The number of ether oxygens (including phenoxy) is 1. The molecule has 1 aromatic carbocycles. The molecule has 0 saturated carbocycles. The first kappa shape index (κ1) is 15.6. The van der Waals surface area contributed by atoms with Crippen LogP contribution in [0.15, 0.2) is 29.3 Å². The maximum atomic E-state index is 5.60. The van der Waals surface area contributed by atoms with Crippen molar-refractivity contribution < 1.29 is 4.74 Å². The fourth-order valence-corrected chi connectivity index (χ4v) is 2.33. The third-order valence-corrected chi connectivity index (χ3v) is 3.66. The summed E-state index contributed by atoms with van der Waals surface area (Å²) in [6.07, 6.45) is 2.62. The van der Waals surface area contributed by atoms with Crippen LogP contribution in [-0.4, -0.2) is 46.4 Å². The van der Waals surface area contributed by atoms with E-state index in [-0.39, 0.29) is 0 Å². The first-order chi connectivity index (χ1) is 10.2. The highest BCUT2D eigenvalue weighted by Crippen LogP contribution is 2.12. The molecule has 1 aromatic rings. The van der Waals surface area contributed by atoms with Gasteiger partial charge >= 0.3 is 0 Å². The van der Waals surface area contributed by atoms with Crippen LogP contribution in [0.5, 0.6) is 0 Å². The Bertz CT molecular complexity index is 450. The molecule has 2 rings (SSSR count). The predicted molar refractivity (Wildman–Crippen MR) is 87.9 cm³/mol. The zero-order valence-corrected chi connectivity index (χ0v) is 13.2. The van der Waals surface area contributed by atoms with Gasteiger partial charge in [-0.1, -0.05) is 12.1 Å². The number of anilines is 1. The molecule has 5 nitrogen and oxygen atoms in total. The lowest BCUT2D eigenvalue weighted by Crippen LogP contribution is -2.40. The number of nitrogens with one attached hydrogen (secondary N) is 2. The van der Waals surface area contributed by atoms with Gasteiger partial charge in [-0.15, -0.1) is 0 Å². The van der Waals surface area contributed by atoms with E-state index >= 15 is 0 Å². The van der Waals surface area contributed by atoms with Crippen LogP contribution in [0.3, 0.4) is 0 Å². The molecule has 0 spiro atoms. The summed E-state index contributed by atoms with van der Waals surface area (Å²) in [5, 5.41) is 6.64. The van der Waals surface area contributed by atoms with Gasteiger partial charge in [-0.05, 0) is 30.5 Å². The van der Waals surface area contributed by atoms with E-state index in [1.54, 1.807) is 7.05 Å². The lowest BCUT2D eigenvalue weighted by Gasteiger charge is -2.16. The van der Waals surface area contributed by atoms with Crippen molar-refractivity contribution in [1.82, 2.24) is 10.6 Å². The normalized spacial score (nSPS) is 18.6. The first-order valence-electron chi connectivity index (χ1n) is 7.51. The average molecular weight is 290 g/mol. The van der Waals surface area contributed by atoms with E-state index in [0.29, 0.717) is 6.10 Å². The fourth-order valence-electron chi connectivity index (χ4n) is 2.33. The Morgan fingerprint density at radius 1 is 1.29 bits per heavy atom. The SMILES string of the molecule is CN=C(NCc1ccc(N(C)C)cc1)NCC1CCCO1. The molecule has 0 bridgehead atoms. The van der Waals surface area contributed by atoms with Crippen LogP contribution in [0.2, 0.25) is 0 Å². The van der Waals surface area contributed by atoms with Crippen molar-refractivity contribution in [3.8, 4) is 0 Å². The smallest absolute Gasteiger partial charge is 0.191 e. The topological polar surface area (TPSA) is 48.9 Å². The molecule has 1 heterocycles. The first-order valence-corrected chi connectivity index (χ1v) is 7.51. The van der Waals surface area contributed by atoms with E-state index in [1.165, 1.54) is 11.3 Å². The molecule has 0 aliphatic carbocycles. The molecule has 1 unspecified atom stereocenters. The lowest BCUT2D eigenvalue weighted by atomic mass is 10.2. The van der Waals surface area contributed by atoms with Crippen LogP contribution in [0.4, 0.5) is 5.69 Å². The van der Waals surface area contributed by atoms with E-state index < -0.39 is 0 Å². The van der Waals surface area contributed by atoms with Crippen molar-refractivity contribution in [3.63, 3.8) is 0 Å². The fraction of sp³-hybridized carbons (Fsp3) is 0.562. The van der Waals surface area contributed by atoms with E-state index in [1.807, 2.05) is 14.1 Å². The van der Waals surface area contributed by atoms with Gasteiger partial charge in [0.1, 0.15) is 0 Å². The number of nitrogens with zero attached hydrogens (tertiary/aromatic N) is 2. The molecule has 1 fully saturated rings. The van der Waals surface area contributed by atoms with Crippen molar-refractivity contribution >= 4 is 11.6 Å². The Hall–Kier alpha value is -1.75. The number of rotatable bonds is 5. The summed E-state index contributed by atoms with van der Waals surface area (Å²) < 4.78 is 5.60. The highest BCUT2D eigenvalue weighted by Gasteiger charge is 2.15. The minimum Gasteiger partial charge on any atom is -0.378 e. The van der Waals surface area contributed by atoms with Crippen LogP contribution in [0.25, 0.3) is 0 Å². The number of hydrogen-bond acceptors (Lipinski definition) is 3. The maximum Gasteiger partial charge on any atom is 0.191 e. The molecule has 5 heteroatoms. The van der Waals surface area contributed by atoms with Gasteiger partial charge in [0.25, 0.3) is 0 Å². The molecular weight excluding hydrogens is 264 g/mol. The quantitative estimate of drug-likeness (QED) is 0.639. The van der Waals surface area contributed by atoms with Crippen molar-refractivity contribution in [2.75, 3.05) is 39.2 Å². The molecule has 21 heavy (non-hydrogen) atoms. The standard InChI is InChI=1S/C16H26N4O/c1-17-16(19-12-15-5-4-10-21-15)18-11-13-6-8-14(9-7-13)20(2)3/h6-9,15H,4-5,10-12H2,1-3H3,(H2,17,18,19). The van der Waals surface area contributed by atoms with Gasteiger partial charge in [0.2, 0.25) is 0 Å². The summed E-state index contributed by atoms with van der Waals surface area (Å²) in [6, 6.07) is 8.52. The van der Waals surface area contributed by atoms with Crippen LogP contribution >= 0.6 is 0 Å². The average Bonchev–Trinajstić information content (AvgIpc) is 3.01. The summed E-state index contributed by atoms with van der Waals surface area (Å²) >= 11 is 0. The summed E-state index contributed by atoms with van der Waals surface area (Å²) in [7, 11) is 5.88. The van der Waals surface area contributed by atoms with E-state index in [9.17, 15) is 0 Å². The van der Waals surface area contributed by atoms with Gasteiger partial charge < -0.3 is 20.3 Å². The second-order valence-electron chi connectivity index (χ2n) is 5.50. The van der Waals surface area contributed by atoms with Crippen molar-refractivity contribution in [3.05, 3.63) is 29.8 Å². The monoisotopic (exact) mass is 290 g/mol. The van der Waals surface area contributed by atoms with Gasteiger partial charge in [0.05, 0.1) is 6.10 Å². The van der Waals surface area contributed by atoms with E-state index in [2.05, 4.69) is 44.8 Å². The largest absolute Gasteiger partial charge is 0.378 e. The number of guanidine groups is 1. The van der Waals surface area contributed by atoms with Gasteiger partial charge in [-0.2, -0.15) is 0 Å². The third kappa shape index (κ3) is 4.93. The number of hydrogen-bond donors (Lipinski definition) is 2. The van der Waals surface area contributed by atoms with Crippen LogP contribution < -0.4 is 15.5 Å². The molecular formula is C16H26N4O. The maximum absolute atomic E-state index is 5.60. The summed E-state index contributed by atoms with van der Waals surface area (Å²) in [6.45, 7) is 2.47. The molecule has 0 amide bonds. The zero-order chi connectivity index (χ0) is 15.1.